The molecule has 0 unspecified atom stereocenters. The van der Waals surface area contributed by atoms with Crippen LogP contribution >= 0.6 is 0 Å². The molecule has 5 aromatic rings. The third-order valence-corrected chi connectivity index (χ3v) is 6.41. The molecule has 0 bridgehead atoms. The number of hydrogen-bond donors (Lipinski definition) is 1. The molecule has 1 saturated heterocycles. The van der Waals surface area contributed by atoms with E-state index in [1.807, 2.05) is 4.90 Å². The molecule has 38 heavy (non-hydrogen) atoms. The molecule has 5 heterocycles. The summed E-state index contributed by atoms with van der Waals surface area (Å²) in [6.07, 6.45) is 3.31. The number of halogens is 4. The molecule has 0 spiro atoms. The largest absolute Gasteiger partial charge is 0.419 e. The SMILES string of the molecule is Fc1cc(Nc2ccnn3c(C4CCN(c5ncc(C(F)(F)F)cn5)CC4)cnc23)ccc1-n1cnnn1. The van der Waals surface area contributed by atoms with Crippen LogP contribution in [0.3, 0.4) is 0 Å². The lowest BCUT2D eigenvalue weighted by Crippen LogP contribution is -2.34. The summed E-state index contributed by atoms with van der Waals surface area (Å²) in [5.74, 6) is -0.0933. The van der Waals surface area contributed by atoms with Crippen molar-refractivity contribution in [3.8, 4) is 5.69 Å². The first-order valence-corrected chi connectivity index (χ1v) is 11.6. The van der Waals surface area contributed by atoms with Crippen LogP contribution in [0.4, 0.5) is 34.9 Å². The minimum Gasteiger partial charge on any atom is -0.352 e. The van der Waals surface area contributed by atoms with Gasteiger partial charge in [0.1, 0.15) is 12.0 Å². The highest BCUT2D eigenvalue weighted by molar-refractivity contribution is 5.73. The summed E-state index contributed by atoms with van der Waals surface area (Å²) in [5, 5.41) is 18.4. The first kappa shape index (κ1) is 23.7. The molecular weight excluding hydrogens is 506 g/mol. The van der Waals surface area contributed by atoms with Crippen molar-refractivity contribution in [3.63, 3.8) is 0 Å². The zero-order valence-corrected chi connectivity index (χ0v) is 19.6. The number of aromatic nitrogens is 9. The van der Waals surface area contributed by atoms with Crippen molar-refractivity contribution in [2.75, 3.05) is 23.3 Å². The summed E-state index contributed by atoms with van der Waals surface area (Å²) in [6, 6.07) is 6.37. The quantitative estimate of drug-likeness (QED) is 0.342. The van der Waals surface area contributed by atoms with Gasteiger partial charge >= 0.3 is 6.18 Å². The Balaban J connectivity index is 1.17. The van der Waals surface area contributed by atoms with Crippen molar-refractivity contribution in [1.29, 1.82) is 0 Å². The molecule has 15 heteroatoms. The molecule has 1 aliphatic rings. The van der Waals surface area contributed by atoms with E-state index in [0.717, 1.165) is 30.9 Å². The Labute approximate surface area is 212 Å². The third-order valence-electron chi connectivity index (χ3n) is 6.41. The van der Waals surface area contributed by atoms with Crippen molar-refractivity contribution < 1.29 is 17.6 Å². The number of nitrogens with one attached hydrogen (secondary N) is 1. The molecule has 1 aromatic carbocycles. The van der Waals surface area contributed by atoms with E-state index in [2.05, 4.69) is 40.9 Å². The molecule has 1 N–H and O–H groups in total. The Morgan fingerprint density at radius 1 is 0.974 bits per heavy atom. The minimum atomic E-state index is -4.47. The Kier molecular flexibility index (Phi) is 5.81. The van der Waals surface area contributed by atoms with Gasteiger partial charge in [-0.1, -0.05) is 0 Å². The second-order valence-corrected chi connectivity index (χ2v) is 8.74. The maximum absolute atomic E-state index is 14.7. The normalized spacial score (nSPS) is 14.8. The van der Waals surface area contributed by atoms with Gasteiger partial charge in [-0.3, -0.25) is 0 Å². The van der Waals surface area contributed by atoms with Crippen molar-refractivity contribution in [3.05, 3.63) is 72.5 Å². The van der Waals surface area contributed by atoms with Crippen LogP contribution in [-0.4, -0.2) is 57.9 Å². The second kappa shape index (κ2) is 9.32. The predicted molar refractivity (Wildman–Crippen MR) is 127 cm³/mol. The molecule has 0 radical (unpaired) electrons. The van der Waals surface area contributed by atoms with Gasteiger partial charge < -0.3 is 10.2 Å². The highest BCUT2D eigenvalue weighted by Gasteiger charge is 2.32. The Morgan fingerprint density at radius 3 is 2.45 bits per heavy atom. The Morgan fingerprint density at radius 2 is 1.76 bits per heavy atom. The van der Waals surface area contributed by atoms with Gasteiger partial charge in [-0.05, 0) is 47.5 Å². The minimum absolute atomic E-state index is 0.131. The lowest BCUT2D eigenvalue weighted by atomic mass is 9.94. The van der Waals surface area contributed by atoms with Gasteiger partial charge in [0.05, 0.1) is 29.3 Å². The average Bonchev–Trinajstić information content (AvgIpc) is 3.60. The van der Waals surface area contributed by atoms with Crippen LogP contribution in [0.5, 0.6) is 0 Å². The lowest BCUT2D eigenvalue weighted by Gasteiger charge is -2.31. The zero-order chi connectivity index (χ0) is 26.3. The third kappa shape index (κ3) is 4.46. The molecule has 0 atom stereocenters. The number of rotatable bonds is 5. The Bertz CT molecular complexity index is 1560. The van der Waals surface area contributed by atoms with Crippen LogP contribution in [0, 0.1) is 5.82 Å². The molecule has 0 saturated carbocycles. The van der Waals surface area contributed by atoms with Crippen molar-refractivity contribution in [1.82, 2.24) is 44.8 Å². The van der Waals surface area contributed by atoms with Crippen LogP contribution in [0.1, 0.15) is 30.0 Å². The van der Waals surface area contributed by atoms with Gasteiger partial charge in [-0.15, -0.1) is 5.10 Å². The van der Waals surface area contributed by atoms with Gasteiger partial charge in [0.25, 0.3) is 0 Å². The highest BCUT2D eigenvalue weighted by atomic mass is 19.4. The summed E-state index contributed by atoms with van der Waals surface area (Å²) < 4.78 is 56.0. The van der Waals surface area contributed by atoms with Crippen LogP contribution in [0.25, 0.3) is 11.3 Å². The van der Waals surface area contributed by atoms with Crippen LogP contribution in [0.15, 0.2) is 55.4 Å². The van der Waals surface area contributed by atoms with Crippen molar-refractivity contribution >= 4 is 23.0 Å². The number of hydrogen-bond acceptors (Lipinski definition) is 9. The number of tetrazole rings is 1. The summed E-state index contributed by atoms with van der Waals surface area (Å²) in [4.78, 5) is 14.2. The van der Waals surface area contributed by atoms with E-state index in [9.17, 15) is 17.6 Å². The van der Waals surface area contributed by atoms with Crippen molar-refractivity contribution in [2.24, 2.45) is 0 Å². The van der Waals surface area contributed by atoms with E-state index < -0.39 is 17.6 Å². The summed E-state index contributed by atoms with van der Waals surface area (Å²) in [6.45, 7) is 1.16. The van der Waals surface area contributed by atoms with Gasteiger partial charge in [-0.25, -0.2) is 23.9 Å². The fraction of sp³-hybridized carbons (Fsp3) is 0.261. The maximum atomic E-state index is 14.7. The predicted octanol–water partition coefficient (Wildman–Crippen LogP) is 3.78. The highest BCUT2D eigenvalue weighted by Crippen LogP contribution is 2.32. The van der Waals surface area contributed by atoms with Crippen molar-refractivity contribution in [2.45, 2.75) is 24.9 Å². The van der Waals surface area contributed by atoms with Gasteiger partial charge in [0.2, 0.25) is 5.95 Å². The van der Waals surface area contributed by atoms with E-state index >= 15 is 0 Å². The number of piperidine rings is 1. The van der Waals surface area contributed by atoms with Crippen LogP contribution in [-0.2, 0) is 6.18 Å². The van der Waals surface area contributed by atoms with E-state index in [-0.39, 0.29) is 17.6 Å². The average molecular weight is 525 g/mol. The number of fused-ring (bicyclic) bond motifs is 1. The number of benzene rings is 1. The molecule has 1 fully saturated rings. The van der Waals surface area contributed by atoms with Gasteiger partial charge in [-0.2, -0.15) is 23.0 Å². The number of nitrogens with zero attached hydrogens (tertiary/aromatic N) is 10. The molecule has 0 amide bonds. The first-order chi connectivity index (χ1) is 18.4. The fourth-order valence-electron chi connectivity index (χ4n) is 4.49. The molecule has 4 aromatic heterocycles. The number of alkyl halides is 3. The topological polar surface area (TPSA) is 115 Å². The number of imidazole rings is 1. The van der Waals surface area contributed by atoms with Gasteiger partial charge in [0, 0.05) is 37.1 Å². The van der Waals surface area contributed by atoms with E-state index in [0.29, 0.717) is 30.1 Å². The summed E-state index contributed by atoms with van der Waals surface area (Å²) in [7, 11) is 0. The lowest BCUT2D eigenvalue weighted by molar-refractivity contribution is -0.138. The molecule has 11 nitrogen and oxygen atoms in total. The van der Waals surface area contributed by atoms with Crippen LogP contribution < -0.4 is 10.2 Å². The smallest absolute Gasteiger partial charge is 0.352 e. The van der Waals surface area contributed by atoms with Gasteiger partial charge in [0.15, 0.2) is 11.5 Å². The molecular formula is C23H19F4N11. The monoisotopic (exact) mass is 525 g/mol. The summed E-state index contributed by atoms with van der Waals surface area (Å²) in [5.41, 5.74) is 2.01. The Hall–Kier alpha value is -4.69. The standard InChI is InChI=1S/C23H19F4N11/c24-17-9-16(1-2-19(17)37-13-31-34-35-37)33-18-3-6-32-38-20(12-28-21(18)38)14-4-7-36(8-5-14)22-29-10-15(11-30-22)23(25,26)27/h1-3,6,9-14,33H,4-5,7-8H2. The van der Waals surface area contributed by atoms with Crippen LogP contribution in [0.2, 0.25) is 0 Å². The second-order valence-electron chi connectivity index (χ2n) is 8.74. The number of anilines is 3. The maximum Gasteiger partial charge on any atom is 0.419 e. The van der Waals surface area contributed by atoms with E-state index in [4.69, 9.17) is 0 Å². The zero-order valence-electron chi connectivity index (χ0n) is 19.6. The molecule has 194 valence electrons. The first-order valence-electron chi connectivity index (χ1n) is 11.6. The molecule has 6 rings (SSSR count). The van der Waals surface area contributed by atoms with E-state index in [1.54, 1.807) is 35.1 Å². The fourth-order valence-corrected chi connectivity index (χ4v) is 4.49. The molecule has 1 aliphatic heterocycles. The molecule has 0 aliphatic carbocycles. The van der Waals surface area contributed by atoms with E-state index in [1.165, 1.54) is 17.1 Å². The summed E-state index contributed by atoms with van der Waals surface area (Å²) >= 11 is 0.